The van der Waals surface area contributed by atoms with Gasteiger partial charge in [0.25, 0.3) is 0 Å². The van der Waals surface area contributed by atoms with Crippen molar-refractivity contribution in [2.75, 3.05) is 32.0 Å². The molecule has 0 saturated carbocycles. The van der Waals surface area contributed by atoms with E-state index in [1.54, 1.807) is 4.31 Å². The molecule has 2 unspecified atom stereocenters. The highest BCUT2D eigenvalue weighted by Crippen LogP contribution is 2.24. The van der Waals surface area contributed by atoms with Gasteiger partial charge in [-0.1, -0.05) is 6.92 Å². The topological polar surface area (TPSA) is 72.6 Å². The zero-order chi connectivity index (χ0) is 13.8. The number of hydrogen-bond donors (Lipinski definition) is 1. The molecular formula is C12H26N2O3S. The monoisotopic (exact) mass is 278 g/mol. The van der Waals surface area contributed by atoms with Crippen molar-refractivity contribution in [3.63, 3.8) is 0 Å². The Balaban J connectivity index is 2.52. The van der Waals surface area contributed by atoms with E-state index in [2.05, 4.69) is 6.92 Å². The van der Waals surface area contributed by atoms with Crippen LogP contribution in [0.25, 0.3) is 0 Å². The maximum Gasteiger partial charge on any atom is 0.216 e. The number of nitrogens with two attached hydrogens (primary N) is 1. The normalized spacial score (nSPS) is 26.7. The highest BCUT2D eigenvalue weighted by molar-refractivity contribution is 7.89. The minimum atomic E-state index is -3.19. The van der Waals surface area contributed by atoms with E-state index in [0.717, 1.165) is 6.42 Å². The van der Waals surface area contributed by atoms with Gasteiger partial charge in [-0.25, -0.2) is 12.7 Å². The zero-order valence-electron chi connectivity index (χ0n) is 11.6. The second kappa shape index (κ2) is 6.84. The Morgan fingerprint density at radius 2 is 2.11 bits per heavy atom. The maximum absolute atomic E-state index is 12.1. The summed E-state index contributed by atoms with van der Waals surface area (Å²) in [5, 5.41) is 0. The van der Waals surface area contributed by atoms with Gasteiger partial charge in [0.05, 0.1) is 18.5 Å². The molecule has 0 radical (unpaired) electrons. The molecule has 1 aliphatic heterocycles. The SMILES string of the molecule is CC(C)OCCS(=O)(=O)N1CCC(C)C(CN)C1. The predicted octanol–water partition coefficient (Wildman–Crippen LogP) is 0.658. The van der Waals surface area contributed by atoms with E-state index in [-0.39, 0.29) is 24.4 Å². The lowest BCUT2D eigenvalue weighted by molar-refractivity contribution is 0.0902. The van der Waals surface area contributed by atoms with Crippen LogP contribution in [-0.2, 0) is 14.8 Å². The van der Waals surface area contributed by atoms with Crippen molar-refractivity contribution in [3.8, 4) is 0 Å². The molecule has 6 heteroatoms. The molecule has 2 N–H and O–H groups in total. The highest BCUT2D eigenvalue weighted by atomic mass is 32.2. The molecule has 1 saturated heterocycles. The summed E-state index contributed by atoms with van der Waals surface area (Å²) in [6, 6.07) is 0. The molecule has 0 bridgehead atoms. The van der Waals surface area contributed by atoms with E-state index in [0.29, 0.717) is 25.6 Å². The van der Waals surface area contributed by atoms with Gasteiger partial charge in [-0.3, -0.25) is 0 Å². The first kappa shape index (κ1) is 15.9. The summed E-state index contributed by atoms with van der Waals surface area (Å²) < 4.78 is 31.2. The van der Waals surface area contributed by atoms with Crippen LogP contribution in [0, 0.1) is 11.8 Å². The van der Waals surface area contributed by atoms with Crippen molar-refractivity contribution in [2.45, 2.75) is 33.3 Å². The number of sulfonamides is 1. The fourth-order valence-electron chi connectivity index (χ4n) is 2.19. The number of hydrogen-bond acceptors (Lipinski definition) is 4. The van der Waals surface area contributed by atoms with Crippen LogP contribution in [0.15, 0.2) is 0 Å². The van der Waals surface area contributed by atoms with Gasteiger partial charge < -0.3 is 10.5 Å². The lowest BCUT2D eigenvalue weighted by Crippen LogP contribution is -2.46. The molecule has 0 aromatic rings. The summed E-state index contributed by atoms with van der Waals surface area (Å²) in [7, 11) is -3.19. The van der Waals surface area contributed by atoms with Crippen molar-refractivity contribution in [1.82, 2.24) is 4.31 Å². The Labute approximate surface area is 111 Å². The summed E-state index contributed by atoms with van der Waals surface area (Å²) in [4.78, 5) is 0. The van der Waals surface area contributed by atoms with Crippen LogP contribution in [0.3, 0.4) is 0 Å². The maximum atomic E-state index is 12.1. The van der Waals surface area contributed by atoms with Crippen LogP contribution in [0.4, 0.5) is 0 Å². The average molecular weight is 278 g/mol. The largest absolute Gasteiger partial charge is 0.378 e. The summed E-state index contributed by atoms with van der Waals surface area (Å²) in [6.07, 6.45) is 0.963. The van der Waals surface area contributed by atoms with Crippen LogP contribution in [-0.4, -0.2) is 50.8 Å². The molecule has 1 aliphatic rings. The molecule has 5 nitrogen and oxygen atoms in total. The van der Waals surface area contributed by atoms with Crippen LogP contribution >= 0.6 is 0 Å². The first-order valence-electron chi connectivity index (χ1n) is 6.66. The second-order valence-corrected chi connectivity index (χ2v) is 7.44. The summed E-state index contributed by atoms with van der Waals surface area (Å²) in [5.41, 5.74) is 5.69. The lowest BCUT2D eigenvalue weighted by atomic mass is 9.88. The van der Waals surface area contributed by atoms with Gasteiger partial charge in [0.2, 0.25) is 10.0 Å². The van der Waals surface area contributed by atoms with Gasteiger partial charge in [-0.2, -0.15) is 0 Å². The lowest BCUT2D eigenvalue weighted by Gasteiger charge is -2.35. The number of rotatable bonds is 6. The van der Waals surface area contributed by atoms with E-state index in [1.807, 2.05) is 13.8 Å². The minimum Gasteiger partial charge on any atom is -0.378 e. The molecule has 0 aromatic heterocycles. The Bertz CT molecular complexity index is 343. The standard InChI is InChI=1S/C12H26N2O3S/c1-10(2)17-6-7-18(15,16)14-5-4-11(3)12(8-13)9-14/h10-12H,4-9,13H2,1-3H3. The minimum absolute atomic E-state index is 0.0663. The van der Waals surface area contributed by atoms with Gasteiger partial charge in [-0.15, -0.1) is 0 Å². The smallest absolute Gasteiger partial charge is 0.216 e. The van der Waals surface area contributed by atoms with Gasteiger partial charge in [-0.05, 0) is 38.6 Å². The zero-order valence-corrected chi connectivity index (χ0v) is 12.4. The van der Waals surface area contributed by atoms with E-state index in [9.17, 15) is 8.42 Å². The first-order chi connectivity index (χ1) is 8.36. The number of ether oxygens (including phenoxy) is 1. The van der Waals surface area contributed by atoms with Gasteiger partial charge in [0.1, 0.15) is 0 Å². The fraction of sp³-hybridized carbons (Fsp3) is 1.00. The molecule has 0 spiro atoms. The van der Waals surface area contributed by atoms with Crippen molar-refractivity contribution in [3.05, 3.63) is 0 Å². The second-order valence-electron chi connectivity index (χ2n) is 5.36. The van der Waals surface area contributed by atoms with Crippen LogP contribution in [0.2, 0.25) is 0 Å². The Morgan fingerprint density at radius 1 is 1.44 bits per heavy atom. The van der Waals surface area contributed by atoms with Crippen molar-refractivity contribution in [2.24, 2.45) is 17.6 Å². The van der Waals surface area contributed by atoms with Gasteiger partial charge >= 0.3 is 0 Å². The molecular weight excluding hydrogens is 252 g/mol. The molecule has 0 aromatic carbocycles. The molecule has 2 atom stereocenters. The molecule has 108 valence electrons. The summed E-state index contributed by atoms with van der Waals surface area (Å²) in [5.74, 6) is 0.851. The van der Waals surface area contributed by atoms with E-state index in [4.69, 9.17) is 10.5 Å². The Kier molecular flexibility index (Phi) is 6.04. The first-order valence-corrected chi connectivity index (χ1v) is 8.27. The van der Waals surface area contributed by atoms with Crippen molar-refractivity contribution < 1.29 is 13.2 Å². The summed E-state index contributed by atoms with van der Waals surface area (Å²) >= 11 is 0. The molecule has 0 amide bonds. The van der Waals surface area contributed by atoms with Gasteiger partial charge in [0.15, 0.2) is 0 Å². The quantitative estimate of drug-likeness (QED) is 0.774. The highest BCUT2D eigenvalue weighted by Gasteiger charge is 2.31. The van der Waals surface area contributed by atoms with Crippen LogP contribution in [0.5, 0.6) is 0 Å². The Morgan fingerprint density at radius 3 is 2.67 bits per heavy atom. The summed E-state index contributed by atoms with van der Waals surface area (Å²) in [6.45, 7) is 7.93. The third-order valence-corrected chi connectivity index (χ3v) is 5.37. The van der Waals surface area contributed by atoms with Crippen LogP contribution < -0.4 is 5.73 Å². The Hall–Kier alpha value is -0.170. The molecule has 18 heavy (non-hydrogen) atoms. The molecule has 0 aliphatic carbocycles. The third-order valence-electron chi connectivity index (χ3n) is 3.57. The number of nitrogens with zero attached hydrogens (tertiary/aromatic N) is 1. The van der Waals surface area contributed by atoms with Crippen molar-refractivity contribution in [1.29, 1.82) is 0 Å². The molecule has 1 heterocycles. The van der Waals surface area contributed by atoms with E-state index < -0.39 is 10.0 Å². The van der Waals surface area contributed by atoms with Crippen molar-refractivity contribution >= 4 is 10.0 Å². The van der Waals surface area contributed by atoms with E-state index in [1.165, 1.54) is 0 Å². The van der Waals surface area contributed by atoms with Gasteiger partial charge in [0, 0.05) is 13.1 Å². The third kappa shape index (κ3) is 4.50. The predicted molar refractivity (Wildman–Crippen MR) is 72.8 cm³/mol. The molecule has 1 rings (SSSR count). The fourth-order valence-corrected chi connectivity index (χ4v) is 3.56. The molecule has 1 fully saturated rings. The van der Waals surface area contributed by atoms with Crippen LogP contribution in [0.1, 0.15) is 27.2 Å². The van der Waals surface area contributed by atoms with E-state index >= 15 is 0 Å². The average Bonchev–Trinajstić information content (AvgIpc) is 2.28. The number of piperidine rings is 1.